The first-order chi connectivity index (χ1) is 8.81. The summed E-state index contributed by atoms with van der Waals surface area (Å²) in [4.78, 5) is 11.9. The van der Waals surface area contributed by atoms with Crippen LogP contribution >= 0.6 is 0 Å². The number of hydrogen-bond donors (Lipinski definition) is 1. The molecule has 1 aromatic carbocycles. The molecule has 0 spiro atoms. The first-order valence-electron chi connectivity index (χ1n) is 6.84. The van der Waals surface area contributed by atoms with Crippen LogP contribution in [-0.4, -0.2) is 17.7 Å². The van der Waals surface area contributed by atoms with Gasteiger partial charge in [-0.15, -0.1) is 0 Å². The number of rotatable bonds is 4. The van der Waals surface area contributed by atoms with Gasteiger partial charge in [0.25, 0.3) is 0 Å². The number of benzene rings is 1. The lowest BCUT2D eigenvalue weighted by Crippen LogP contribution is -2.15. The quantitative estimate of drug-likeness (QED) is 0.841. The van der Waals surface area contributed by atoms with Gasteiger partial charge in [-0.2, -0.15) is 0 Å². The molecule has 1 N–H and O–H groups in total. The Morgan fingerprint density at radius 1 is 1.26 bits per heavy atom. The molecule has 3 nitrogen and oxygen atoms in total. The maximum atomic E-state index is 11.9. The average molecular weight is 264 g/mol. The van der Waals surface area contributed by atoms with E-state index in [1.165, 1.54) is 0 Å². The number of aromatic hydroxyl groups is 1. The van der Waals surface area contributed by atoms with Gasteiger partial charge >= 0.3 is 5.97 Å². The molecule has 0 saturated carbocycles. The number of carbonyl (C=O) groups excluding carboxylic acids is 1. The van der Waals surface area contributed by atoms with E-state index >= 15 is 0 Å². The van der Waals surface area contributed by atoms with E-state index in [2.05, 4.69) is 0 Å². The van der Waals surface area contributed by atoms with Gasteiger partial charge < -0.3 is 9.84 Å². The highest BCUT2D eigenvalue weighted by Gasteiger charge is 2.23. The van der Waals surface area contributed by atoms with Gasteiger partial charge in [0.2, 0.25) is 0 Å². The molecular weight excluding hydrogens is 240 g/mol. The normalized spacial score (nSPS) is 11.4. The van der Waals surface area contributed by atoms with Crippen LogP contribution in [0, 0.1) is 0 Å². The van der Waals surface area contributed by atoms with Crippen LogP contribution in [0.25, 0.3) is 0 Å². The highest BCUT2D eigenvalue weighted by atomic mass is 16.5. The van der Waals surface area contributed by atoms with Gasteiger partial charge in [0, 0.05) is 5.56 Å². The molecule has 0 heterocycles. The summed E-state index contributed by atoms with van der Waals surface area (Å²) >= 11 is 0. The molecule has 0 unspecified atom stereocenters. The summed E-state index contributed by atoms with van der Waals surface area (Å²) in [6.07, 6.45) is 1.67. The lowest BCUT2D eigenvalue weighted by molar-refractivity contribution is 0.0526. The Bertz CT molecular complexity index is 456. The molecule has 0 fully saturated rings. The summed E-state index contributed by atoms with van der Waals surface area (Å²) in [5.41, 5.74) is 1.92. The van der Waals surface area contributed by atoms with Crippen molar-refractivity contribution >= 4 is 5.97 Å². The molecule has 0 aromatic heterocycles. The number of phenols is 1. The van der Waals surface area contributed by atoms with Crippen molar-refractivity contribution in [3.05, 3.63) is 28.8 Å². The lowest BCUT2D eigenvalue weighted by Gasteiger charge is -2.23. The predicted molar refractivity (Wildman–Crippen MR) is 76.8 cm³/mol. The minimum absolute atomic E-state index is 0.213. The van der Waals surface area contributed by atoms with E-state index < -0.39 is 0 Å². The molecule has 1 aromatic rings. The van der Waals surface area contributed by atoms with E-state index in [0.717, 1.165) is 24.0 Å². The fourth-order valence-electron chi connectivity index (χ4n) is 2.06. The van der Waals surface area contributed by atoms with Crippen molar-refractivity contribution in [3.8, 4) is 5.75 Å². The van der Waals surface area contributed by atoms with Crippen molar-refractivity contribution in [2.24, 2.45) is 0 Å². The Kier molecular flexibility index (Phi) is 4.98. The summed E-state index contributed by atoms with van der Waals surface area (Å²) in [6, 6.07) is 3.48. The SMILES string of the molecule is CCCc1cc(C(=O)OCC)cc(C(C)(C)C)c1O. The Morgan fingerprint density at radius 2 is 1.89 bits per heavy atom. The smallest absolute Gasteiger partial charge is 0.338 e. The minimum Gasteiger partial charge on any atom is -0.507 e. The molecule has 0 aliphatic heterocycles. The average Bonchev–Trinajstić information content (AvgIpc) is 2.30. The van der Waals surface area contributed by atoms with Gasteiger partial charge in [-0.25, -0.2) is 4.79 Å². The van der Waals surface area contributed by atoms with E-state index in [1.54, 1.807) is 19.1 Å². The van der Waals surface area contributed by atoms with Crippen LogP contribution in [0.3, 0.4) is 0 Å². The lowest BCUT2D eigenvalue weighted by atomic mass is 9.83. The molecule has 0 bridgehead atoms. The van der Waals surface area contributed by atoms with Crippen LogP contribution < -0.4 is 0 Å². The molecule has 1 rings (SSSR count). The van der Waals surface area contributed by atoms with Crippen molar-refractivity contribution in [1.29, 1.82) is 0 Å². The molecule has 0 aliphatic carbocycles. The molecule has 106 valence electrons. The molecule has 19 heavy (non-hydrogen) atoms. The molecule has 0 atom stereocenters. The number of ether oxygens (including phenoxy) is 1. The summed E-state index contributed by atoms with van der Waals surface area (Å²) < 4.78 is 5.05. The predicted octanol–water partition coefficient (Wildman–Crippen LogP) is 3.82. The number of phenolic OH excluding ortho intramolecular Hbond substituents is 1. The van der Waals surface area contributed by atoms with Gasteiger partial charge in [-0.05, 0) is 36.5 Å². The van der Waals surface area contributed by atoms with Gasteiger partial charge in [0.15, 0.2) is 0 Å². The zero-order valence-electron chi connectivity index (χ0n) is 12.5. The number of esters is 1. The van der Waals surface area contributed by atoms with E-state index in [1.807, 2.05) is 27.7 Å². The van der Waals surface area contributed by atoms with E-state index in [-0.39, 0.29) is 11.4 Å². The monoisotopic (exact) mass is 264 g/mol. The van der Waals surface area contributed by atoms with Crippen molar-refractivity contribution in [2.45, 2.75) is 52.9 Å². The Hall–Kier alpha value is -1.51. The zero-order chi connectivity index (χ0) is 14.6. The summed E-state index contributed by atoms with van der Waals surface area (Å²) in [6.45, 7) is 10.3. The third kappa shape index (κ3) is 3.72. The van der Waals surface area contributed by atoms with Crippen molar-refractivity contribution in [1.82, 2.24) is 0 Å². The molecule has 0 saturated heterocycles. The van der Waals surface area contributed by atoms with Crippen LogP contribution in [0.1, 0.15) is 62.5 Å². The van der Waals surface area contributed by atoms with Crippen LogP contribution in [0.15, 0.2) is 12.1 Å². The van der Waals surface area contributed by atoms with Crippen LogP contribution in [0.5, 0.6) is 5.75 Å². The highest BCUT2D eigenvalue weighted by Crippen LogP contribution is 2.35. The number of hydrogen-bond acceptors (Lipinski definition) is 3. The van der Waals surface area contributed by atoms with Crippen molar-refractivity contribution in [2.75, 3.05) is 6.61 Å². The zero-order valence-corrected chi connectivity index (χ0v) is 12.5. The number of carbonyl (C=O) groups is 1. The number of aryl methyl sites for hydroxylation is 1. The largest absolute Gasteiger partial charge is 0.507 e. The van der Waals surface area contributed by atoms with E-state index in [9.17, 15) is 9.90 Å². The Labute approximate surface area is 115 Å². The second kappa shape index (κ2) is 6.09. The topological polar surface area (TPSA) is 46.5 Å². The third-order valence-electron chi connectivity index (χ3n) is 3.03. The van der Waals surface area contributed by atoms with Crippen LogP contribution in [-0.2, 0) is 16.6 Å². The first kappa shape index (κ1) is 15.5. The first-order valence-corrected chi connectivity index (χ1v) is 6.84. The molecule has 0 aliphatic rings. The highest BCUT2D eigenvalue weighted by molar-refractivity contribution is 5.90. The molecule has 0 amide bonds. The Morgan fingerprint density at radius 3 is 2.37 bits per heavy atom. The fraction of sp³-hybridized carbons (Fsp3) is 0.562. The third-order valence-corrected chi connectivity index (χ3v) is 3.03. The second-order valence-electron chi connectivity index (χ2n) is 5.75. The van der Waals surface area contributed by atoms with Gasteiger partial charge in [0.05, 0.1) is 12.2 Å². The summed E-state index contributed by atoms with van der Waals surface area (Å²) in [5.74, 6) is -0.0206. The second-order valence-corrected chi connectivity index (χ2v) is 5.75. The maximum Gasteiger partial charge on any atom is 0.338 e. The van der Waals surface area contributed by atoms with Crippen LogP contribution in [0.2, 0.25) is 0 Å². The summed E-state index contributed by atoms with van der Waals surface area (Å²) in [5, 5.41) is 10.3. The van der Waals surface area contributed by atoms with Gasteiger partial charge in [-0.1, -0.05) is 34.1 Å². The van der Waals surface area contributed by atoms with E-state index in [4.69, 9.17) is 4.74 Å². The summed E-state index contributed by atoms with van der Waals surface area (Å²) in [7, 11) is 0. The van der Waals surface area contributed by atoms with E-state index in [0.29, 0.717) is 17.9 Å². The van der Waals surface area contributed by atoms with Gasteiger partial charge in [0.1, 0.15) is 5.75 Å². The van der Waals surface area contributed by atoms with Gasteiger partial charge in [-0.3, -0.25) is 0 Å². The maximum absolute atomic E-state index is 11.9. The molecule has 0 radical (unpaired) electrons. The molecular formula is C16H24O3. The Balaban J connectivity index is 3.35. The fourth-order valence-corrected chi connectivity index (χ4v) is 2.06. The van der Waals surface area contributed by atoms with Crippen molar-refractivity contribution in [3.63, 3.8) is 0 Å². The van der Waals surface area contributed by atoms with Crippen LogP contribution in [0.4, 0.5) is 0 Å². The standard InChI is InChI=1S/C16H24O3/c1-6-8-11-9-12(15(18)19-7-2)10-13(14(11)17)16(3,4)5/h9-10,17H,6-8H2,1-5H3. The molecule has 3 heteroatoms. The minimum atomic E-state index is -0.328. The van der Waals surface area contributed by atoms with Crippen molar-refractivity contribution < 1.29 is 14.6 Å².